The number of carbonyl (C=O) groups is 1. The minimum Gasteiger partial charge on any atom is -0.493 e. The molecule has 1 aliphatic carbocycles. The molecule has 1 aromatic carbocycles. The van der Waals surface area contributed by atoms with Gasteiger partial charge in [0.05, 0.1) is 44.8 Å². The van der Waals surface area contributed by atoms with E-state index in [1.54, 1.807) is 25.3 Å². The first-order chi connectivity index (χ1) is 17.6. The standard InChI is InChI=1S/C28H39ClO8/c1-17(2)8-10-22-27(3,37-22)26-25(35-7)19(12-13-28(26,31)16-29)36-23(30)11-9-18-14-20(32-4)24(34-6)21(15-18)33-5/h8-9,11,14-15,19,22,25-26,31H,10,12-13,16H2,1-7H3. The van der Waals surface area contributed by atoms with E-state index in [9.17, 15) is 9.90 Å². The highest BCUT2D eigenvalue weighted by Crippen LogP contribution is 2.55. The van der Waals surface area contributed by atoms with Crippen LogP contribution in [0.2, 0.25) is 0 Å². The fourth-order valence-electron chi connectivity index (χ4n) is 5.38. The zero-order chi connectivity index (χ0) is 27.4. The van der Waals surface area contributed by atoms with Gasteiger partial charge in [0, 0.05) is 13.2 Å². The molecule has 3 rings (SSSR count). The zero-order valence-corrected chi connectivity index (χ0v) is 23.5. The molecule has 1 saturated heterocycles. The molecule has 0 radical (unpaired) electrons. The number of alkyl halides is 1. The van der Waals surface area contributed by atoms with Gasteiger partial charge in [-0.2, -0.15) is 0 Å². The maximum atomic E-state index is 12.8. The molecule has 9 heteroatoms. The lowest BCUT2D eigenvalue weighted by molar-refractivity contribution is -0.189. The number of hydrogen-bond donors (Lipinski definition) is 1. The fraction of sp³-hybridized carbons (Fsp3) is 0.607. The first kappa shape index (κ1) is 29.3. The third kappa shape index (κ3) is 6.25. The smallest absolute Gasteiger partial charge is 0.331 e. The van der Waals surface area contributed by atoms with E-state index in [1.165, 1.54) is 33.0 Å². The van der Waals surface area contributed by atoms with Crippen LogP contribution in [0.25, 0.3) is 6.08 Å². The SMILES string of the molecule is COc1cc(C=CC(=O)OC2CCC(O)(CCl)C(C3(C)OC3CC=C(C)C)C2OC)cc(OC)c1OC. The Morgan fingerprint density at radius 1 is 1.16 bits per heavy atom. The van der Waals surface area contributed by atoms with Crippen LogP contribution in [0.3, 0.4) is 0 Å². The van der Waals surface area contributed by atoms with Gasteiger partial charge in [-0.1, -0.05) is 11.6 Å². The molecule has 1 saturated carbocycles. The molecule has 0 aromatic heterocycles. The molecule has 1 N–H and O–H groups in total. The van der Waals surface area contributed by atoms with Crippen LogP contribution in [0.4, 0.5) is 0 Å². The molecule has 0 bridgehead atoms. The summed E-state index contributed by atoms with van der Waals surface area (Å²) >= 11 is 6.27. The summed E-state index contributed by atoms with van der Waals surface area (Å²) in [6.45, 7) is 6.04. The fourth-order valence-corrected chi connectivity index (χ4v) is 5.68. The van der Waals surface area contributed by atoms with Crippen molar-refractivity contribution in [2.45, 2.75) is 69.5 Å². The van der Waals surface area contributed by atoms with Gasteiger partial charge in [-0.25, -0.2) is 4.79 Å². The summed E-state index contributed by atoms with van der Waals surface area (Å²) in [6, 6.07) is 3.47. The number of halogens is 1. The average molecular weight is 539 g/mol. The highest BCUT2D eigenvalue weighted by Gasteiger charge is 2.67. The van der Waals surface area contributed by atoms with E-state index >= 15 is 0 Å². The first-order valence-corrected chi connectivity index (χ1v) is 12.9. The van der Waals surface area contributed by atoms with Gasteiger partial charge in [-0.15, -0.1) is 11.6 Å². The third-order valence-corrected chi connectivity index (χ3v) is 7.80. The molecular weight excluding hydrogens is 500 g/mol. The summed E-state index contributed by atoms with van der Waals surface area (Å²) in [5.74, 6) is 0.456. The Morgan fingerprint density at radius 2 is 1.81 bits per heavy atom. The molecule has 6 atom stereocenters. The molecule has 2 aliphatic rings. The van der Waals surface area contributed by atoms with Crippen molar-refractivity contribution < 1.29 is 38.3 Å². The van der Waals surface area contributed by atoms with Crippen molar-refractivity contribution in [3.8, 4) is 17.2 Å². The Bertz CT molecular complexity index is 994. The summed E-state index contributed by atoms with van der Waals surface area (Å²) in [7, 11) is 6.14. The lowest BCUT2D eigenvalue weighted by atomic mass is 9.66. The topological polar surface area (TPSA) is 96.0 Å². The molecule has 1 heterocycles. The van der Waals surface area contributed by atoms with Crippen molar-refractivity contribution in [1.29, 1.82) is 0 Å². The van der Waals surface area contributed by atoms with E-state index in [-0.39, 0.29) is 12.0 Å². The van der Waals surface area contributed by atoms with E-state index < -0.39 is 35.3 Å². The summed E-state index contributed by atoms with van der Waals surface area (Å²) in [4.78, 5) is 12.8. The Kier molecular flexibility index (Phi) is 9.56. The number of epoxide rings is 1. The molecule has 0 amide bonds. The molecule has 1 aliphatic heterocycles. The summed E-state index contributed by atoms with van der Waals surface area (Å²) in [5.41, 5.74) is 0.0239. The van der Waals surface area contributed by atoms with Crippen LogP contribution in [0.5, 0.6) is 17.2 Å². The van der Waals surface area contributed by atoms with Crippen molar-refractivity contribution in [3.63, 3.8) is 0 Å². The van der Waals surface area contributed by atoms with E-state index in [0.29, 0.717) is 35.7 Å². The maximum absolute atomic E-state index is 12.8. The molecular formula is C28H39ClO8. The lowest BCUT2D eigenvalue weighted by Gasteiger charge is -2.48. The zero-order valence-electron chi connectivity index (χ0n) is 22.7. The van der Waals surface area contributed by atoms with Crippen molar-refractivity contribution in [2.75, 3.05) is 34.3 Å². The molecule has 8 nitrogen and oxygen atoms in total. The number of rotatable bonds is 11. The van der Waals surface area contributed by atoms with Crippen molar-refractivity contribution in [2.24, 2.45) is 5.92 Å². The minimum absolute atomic E-state index is 0.0353. The van der Waals surface area contributed by atoms with Gasteiger partial charge in [0.2, 0.25) is 5.75 Å². The maximum Gasteiger partial charge on any atom is 0.331 e. The number of methoxy groups -OCH3 is 4. The number of esters is 1. The Morgan fingerprint density at radius 3 is 2.32 bits per heavy atom. The van der Waals surface area contributed by atoms with Gasteiger partial charge in [0.15, 0.2) is 11.5 Å². The Balaban J connectivity index is 1.78. The summed E-state index contributed by atoms with van der Waals surface area (Å²) < 4.78 is 33.9. The number of benzene rings is 1. The molecule has 0 spiro atoms. The molecule has 2 fully saturated rings. The quantitative estimate of drug-likeness (QED) is 0.144. The Labute approximate surface area is 224 Å². The van der Waals surface area contributed by atoms with E-state index in [0.717, 1.165) is 6.42 Å². The summed E-state index contributed by atoms with van der Waals surface area (Å²) in [6.07, 6.45) is 5.36. The van der Waals surface area contributed by atoms with Gasteiger partial charge in [0.1, 0.15) is 17.8 Å². The van der Waals surface area contributed by atoms with Gasteiger partial charge in [0.25, 0.3) is 0 Å². The monoisotopic (exact) mass is 538 g/mol. The number of carbonyl (C=O) groups excluding carboxylic acids is 1. The normalized spacial score (nSPS) is 31.1. The average Bonchev–Trinajstić information content (AvgIpc) is 3.56. The largest absolute Gasteiger partial charge is 0.493 e. The van der Waals surface area contributed by atoms with Gasteiger partial charge in [-0.05, 0) is 63.8 Å². The molecule has 6 unspecified atom stereocenters. The lowest BCUT2D eigenvalue weighted by Crippen LogP contribution is -2.61. The van der Waals surface area contributed by atoms with Gasteiger partial charge < -0.3 is 33.5 Å². The van der Waals surface area contributed by atoms with Crippen molar-refractivity contribution in [3.05, 3.63) is 35.4 Å². The van der Waals surface area contributed by atoms with Crippen LogP contribution < -0.4 is 14.2 Å². The number of ether oxygens (including phenoxy) is 6. The number of hydrogen-bond acceptors (Lipinski definition) is 8. The molecule has 206 valence electrons. The molecule has 37 heavy (non-hydrogen) atoms. The van der Waals surface area contributed by atoms with Crippen LogP contribution in [0.1, 0.15) is 45.6 Å². The second-order valence-electron chi connectivity index (χ2n) is 10.0. The summed E-state index contributed by atoms with van der Waals surface area (Å²) in [5, 5.41) is 11.5. The van der Waals surface area contributed by atoms with Crippen molar-refractivity contribution >= 4 is 23.6 Å². The number of aliphatic hydroxyl groups is 1. The third-order valence-electron chi connectivity index (χ3n) is 7.34. The highest BCUT2D eigenvalue weighted by atomic mass is 35.5. The predicted octanol–water partition coefficient (Wildman–Crippen LogP) is 4.55. The second kappa shape index (κ2) is 12.1. The van der Waals surface area contributed by atoms with Crippen LogP contribution in [-0.2, 0) is 19.0 Å². The van der Waals surface area contributed by atoms with Crippen LogP contribution in [-0.4, -0.2) is 74.9 Å². The Hall–Kier alpha value is -2.26. The van der Waals surface area contributed by atoms with E-state index in [1.807, 2.05) is 20.8 Å². The van der Waals surface area contributed by atoms with Crippen LogP contribution in [0.15, 0.2) is 29.9 Å². The minimum atomic E-state index is -1.20. The number of allylic oxidation sites excluding steroid dienone is 1. The first-order valence-electron chi connectivity index (χ1n) is 12.4. The van der Waals surface area contributed by atoms with Crippen LogP contribution >= 0.6 is 11.6 Å². The van der Waals surface area contributed by atoms with Gasteiger partial charge >= 0.3 is 5.97 Å². The van der Waals surface area contributed by atoms with Crippen LogP contribution in [0, 0.1) is 5.92 Å². The molecule has 1 aromatic rings. The predicted molar refractivity (Wildman–Crippen MR) is 142 cm³/mol. The van der Waals surface area contributed by atoms with E-state index in [2.05, 4.69) is 6.08 Å². The van der Waals surface area contributed by atoms with Crippen molar-refractivity contribution in [1.82, 2.24) is 0 Å². The second-order valence-corrected chi connectivity index (χ2v) is 10.3. The highest BCUT2D eigenvalue weighted by molar-refractivity contribution is 6.18. The van der Waals surface area contributed by atoms with Gasteiger partial charge in [-0.3, -0.25) is 0 Å². The van der Waals surface area contributed by atoms with E-state index in [4.69, 9.17) is 40.0 Å².